The Bertz CT molecular complexity index is 1080. The molecule has 1 saturated heterocycles. The third-order valence-electron chi connectivity index (χ3n) is 4.79. The molecule has 1 amide bonds. The van der Waals surface area contributed by atoms with Crippen molar-refractivity contribution in [1.29, 1.82) is 0 Å². The van der Waals surface area contributed by atoms with Gasteiger partial charge in [0.05, 0.1) is 18.5 Å². The van der Waals surface area contributed by atoms with E-state index in [4.69, 9.17) is 4.74 Å². The van der Waals surface area contributed by atoms with E-state index < -0.39 is 11.6 Å². The number of ether oxygens (including phenoxy) is 1. The van der Waals surface area contributed by atoms with Crippen LogP contribution in [-0.2, 0) is 16.1 Å². The highest BCUT2D eigenvalue weighted by atomic mass is 32.2. The summed E-state index contributed by atoms with van der Waals surface area (Å²) < 4.78 is 33.0. The minimum Gasteiger partial charge on any atom is -0.374 e. The van der Waals surface area contributed by atoms with Crippen LogP contribution in [0, 0.1) is 18.6 Å². The number of nitrogens with one attached hydrogen (secondary N) is 2. The molecule has 0 unspecified atom stereocenters. The van der Waals surface area contributed by atoms with Gasteiger partial charge in [-0.15, -0.1) is 21.5 Å². The molecule has 1 aliphatic heterocycles. The number of aryl methyl sites for hydroxylation is 1. The van der Waals surface area contributed by atoms with Crippen LogP contribution in [0.25, 0.3) is 11.5 Å². The van der Waals surface area contributed by atoms with Crippen molar-refractivity contribution in [2.24, 2.45) is 0 Å². The largest absolute Gasteiger partial charge is 0.374 e. The predicted octanol–water partition coefficient (Wildman–Crippen LogP) is 2.62. The molecule has 8 nitrogen and oxygen atoms in total. The Hall–Kier alpha value is -2.41. The zero-order valence-corrected chi connectivity index (χ0v) is 18.9. The maximum atomic E-state index is 13.4. The smallest absolute Gasteiger partial charge is 0.230 e. The lowest BCUT2D eigenvalue weighted by molar-refractivity contribution is -0.119. The standard InChI is InChI=1S/C20H22F2N6O2S2/c1-12-24-19(27-26-12)17-10-31-20(25-17)32-11-18(29)23-7-14-9-28(4-5-30-14)8-13-2-3-15(21)16(22)6-13/h2-3,6,10,14H,4-5,7-9,11H2,1H3,(H,23,29)(H,24,26,27)/t14-/m0/s1. The molecule has 1 aromatic carbocycles. The SMILES string of the molecule is Cc1nnc(-c2csc(SCC(=O)NC[C@H]3CN(Cc4ccc(F)c(F)c4)CCO3)n2)[nH]1. The fourth-order valence-corrected chi connectivity index (χ4v) is 4.88. The van der Waals surface area contributed by atoms with Crippen LogP contribution in [0.2, 0.25) is 0 Å². The Labute approximate surface area is 191 Å². The van der Waals surface area contributed by atoms with Gasteiger partial charge >= 0.3 is 0 Å². The molecule has 0 radical (unpaired) electrons. The molecular formula is C20H22F2N6O2S2. The Morgan fingerprint density at radius 1 is 1.38 bits per heavy atom. The quantitative estimate of drug-likeness (QED) is 0.479. The van der Waals surface area contributed by atoms with E-state index in [1.807, 2.05) is 12.3 Å². The van der Waals surface area contributed by atoms with Crippen LogP contribution >= 0.6 is 23.1 Å². The number of thioether (sulfide) groups is 1. The van der Waals surface area contributed by atoms with Gasteiger partial charge in [-0.05, 0) is 24.6 Å². The molecule has 1 fully saturated rings. The summed E-state index contributed by atoms with van der Waals surface area (Å²) >= 11 is 2.81. The number of amides is 1. The van der Waals surface area contributed by atoms with Crippen LogP contribution in [0.3, 0.4) is 0 Å². The summed E-state index contributed by atoms with van der Waals surface area (Å²) in [4.78, 5) is 21.8. The number of halogens is 2. The zero-order chi connectivity index (χ0) is 22.5. The molecule has 0 bridgehead atoms. The van der Waals surface area contributed by atoms with Crippen molar-refractivity contribution in [1.82, 2.24) is 30.4 Å². The molecule has 170 valence electrons. The number of H-pyrrole nitrogens is 1. The maximum absolute atomic E-state index is 13.4. The molecule has 1 atom stereocenters. The maximum Gasteiger partial charge on any atom is 0.230 e. The fraction of sp³-hybridized carbons (Fsp3) is 0.400. The molecule has 32 heavy (non-hydrogen) atoms. The van der Waals surface area contributed by atoms with E-state index in [1.165, 1.54) is 29.2 Å². The predicted molar refractivity (Wildman–Crippen MR) is 117 cm³/mol. The second-order valence-electron chi connectivity index (χ2n) is 7.33. The average molecular weight is 481 g/mol. The Kier molecular flexibility index (Phi) is 7.45. The second kappa shape index (κ2) is 10.5. The molecule has 4 rings (SSSR count). The highest BCUT2D eigenvalue weighted by Crippen LogP contribution is 2.26. The van der Waals surface area contributed by atoms with Gasteiger partial charge < -0.3 is 15.0 Å². The van der Waals surface area contributed by atoms with E-state index in [1.54, 1.807) is 6.07 Å². The van der Waals surface area contributed by atoms with Gasteiger partial charge in [0.1, 0.15) is 11.5 Å². The number of aromatic nitrogens is 4. The normalized spacial score (nSPS) is 16.9. The van der Waals surface area contributed by atoms with E-state index in [0.29, 0.717) is 49.9 Å². The summed E-state index contributed by atoms with van der Waals surface area (Å²) in [6.07, 6.45) is -0.163. The minimum absolute atomic E-state index is 0.108. The lowest BCUT2D eigenvalue weighted by atomic mass is 10.1. The van der Waals surface area contributed by atoms with Crippen molar-refractivity contribution < 1.29 is 18.3 Å². The second-order valence-corrected chi connectivity index (χ2v) is 9.41. The van der Waals surface area contributed by atoms with Crippen molar-refractivity contribution in [3.05, 3.63) is 46.6 Å². The number of thiazole rings is 1. The van der Waals surface area contributed by atoms with Gasteiger partial charge in [0.25, 0.3) is 0 Å². The van der Waals surface area contributed by atoms with Crippen LogP contribution in [-0.4, -0.2) is 69.1 Å². The lowest BCUT2D eigenvalue weighted by Crippen LogP contribution is -2.47. The van der Waals surface area contributed by atoms with Crippen LogP contribution in [0.15, 0.2) is 27.9 Å². The Morgan fingerprint density at radius 2 is 2.25 bits per heavy atom. The first-order chi connectivity index (χ1) is 15.5. The number of carbonyl (C=O) groups is 1. The van der Waals surface area contributed by atoms with Gasteiger partial charge in [0.15, 0.2) is 21.8 Å². The van der Waals surface area contributed by atoms with E-state index in [-0.39, 0.29) is 17.8 Å². The van der Waals surface area contributed by atoms with Crippen molar-refractivity contribution in [3.8, 4) is 11.5 Å². The van der Waals surface area contributed by atoms with Crippen molar-refractivity contribution in [2.45, 2.75) is 23.9 Å². The number of hydrogen-bond donors (Lipinski definition) is 2. The molecule has 1 aliphatic rings. The van der Waals surface area contributed by atoms with E-state index in [9.17, 15) is 13.6 Å². The summed E-state index contributed by atoms with van der Waals surface area (Å²) in [6.45, 7) is 4.50. The number of aromatic amines is 1. The zero-order valence-electron chi connectivity index (χ0n) is 17.3. The molecule has 2 N–H and O–H groups in total. The molecule has 12 heteroatoms. The average Bonchev–Trinajstić information content (AvgIpc) is 3.42. The van der Waals surface area contributed by atoms with Gasteiger partial charge in [0, 0.05) is 31.6 Å². The number of hydrogen-bond acceptors (Lipinski definition) is 8. The minimum atomic E-state index is -0.851. The first-order valence-corrected chi connectivity index (χ1v) is 11.9. The highest BCUT2D eigenvalue weighted by molar-refractivity contribution is 8.01. The number of morpholine rings is 1. The highest BCUT2D eigenvalue weighted by Gasteiger charge is 2.21. The molecule has 3 heterocycles. The molecule has 0 saturated carbocycles. The van der Waals surface area contributed by atoms with Crippen LogP contribution in [0.5, 0.6) is 0 Å². The number of nitrogens with zero attached hydrogens (tertiary/aromatic N) is 4. The van der Waals surface area contributed by atoms with Crippen LogP contribution in [0.1, 0.15) is 11.4 Å². The summed E-state index contributed by atoms with van der Waals surface area (Å²) in [5.74, 6) is -0.235. The van der Waals surface area contributed by atoms with Gasteiger partial charge in [-0.1, -0.05) is 17.8 Å². The van der Waals surface area contributed by atoms with Crippen molar-refractivity contribution in [3.63, 3.8) is 0 Å². The molecular weight excluding hydrogens is 458 g/mol. The van der Waals surface area contributed by atoms with Gasteiger partial charge in [-0.25, -0.2) is 13.8 Å². The van der Waals surface area contributed by atoms with E-state index >= 15 is 0 Å². The Balaban J connectivity index is 1.20. The third kappa shape index (κ3) is 6.09. The molecule has 0 aliphatic carbocycles. The summed E-state index contributed by atoms with van der Waals surface area (Å²) in [6, 6.07) is 3.93. The first-order valence-electron chi connectivity index (χ1n) is 9.99. The van der Waals surface area contributed by atoms with Crippen LogP contribution < -0.4 is 5.32 Å². The number of benzene rings is 1. The number of carbonyl (C=O) groups excluding carboxylic acids is 1. The van der Waals surface area contributed by atoms with Gasteiger partial charge in [-0.2, -0.15) is 0 Å². The summed E-state index contributed by atoms with van der Waals surface area (Å²) in [5.41, 5.74) is 1.41. The summed E-state index contributed by atoms with van der Waals surface area (Å²) in [5, 5.41) is 12.7. The third-order valence-corrected chi connectivity index (χ3v) is 6.81. The molecule has 0 spiro atoms. The monoisotopic (exact) mass is 480 g/mol. The van der Waals surface area contributed by atoms with E-state index in [2.05, 4.69) is 30.4 Å². The Morgan fingerprint density at radius 3 is 3.03 bits per heavy atom. The number of rotatable bonds is 8. The lowest BCUT2D eigenvalue weighted by Gasteiger charge is -2.33. The molecule has 2 aromatic heterocycles. The topological polar surface area (TPSA) is 96.0 Å². The van der Waals surface area contributed by atoms with Gasteiger partial charge in [0.2, 0.25) is 5.91 Å². The van der Waals surface area contributed by atoms with Gasteiger partial charge in [-0.3, -0.25) is 9.69 Å². The summed E-state index contributed by atoms with van der Waals surface area (Å²) in [7, 11) is 0. The first kappa shape index (κ1) is 22.8. The fourth-order valence-electron chi connectivity index (χ4n) is 3.24. The van der Waals surface area contributed by atoms with E-state index in [0.717, 1.165) is 16.2 Å². The molecule has 3 aromatic rings. The van der Waals surface area contributed by atoms with Crippen LogP contribution in [0.4, 0.5) is 8.78 Å². The van der Waals surface area contributed by atoms with Crippen molar-refractivity contribution in [2.75, 3.05) is 32.0 Å². The van der Waals surface area contributed by atoms with Crippen molar-refractivity contribution >= 4 is 29.0 Å².